The molecule has 0 spiro atoms. The zero-order valence-corrected chi connectivity index (χ0v) is 15.7. The van der Waals surface area contributed by atoms with Gasteiger partial charge in [0, 0.05) is 12.1 Å². The highest BCUT2D eigenvalue weighted by Crippen LogP contribution is 2.29. The van der Waals surface area contributed by atoms with E-state index in [4.69, 9.17) is 0 Å². The van der Waals surface area contributed by atoms with Gasteiger partial charge in [-0.05, 0) is 56.9 Å². The Kier molecular flexibility index (Phi) is 5.23. The lowest BCUT2D eigenvalue weighted by Crippen LogP contribution is -2.46. The normalized spacial score (nSPS) is 22.4. The first kappa shape index (κ1) is 18.4. The van der Waals surface area contributed by atoms with Crippen molar-refractivity contribution in [3.05, 3.63) is 29.3 Å². The molecule has 0 N–H and O–H groups in total. The van der Waals surface area contributed by atoms with Gasteiger partial charge in [-0.3, -0.25) is 0 Å². The third kappa shape index (κ3) is 3.78. The Morgan fingerprint density at radius 3 is 2.39 bits per heavy atom. The number of sulfone groups is 1. The van der Waals surface area contributed by atoms with Gasteiger partial charge >= 0.3 is 0 Å². The monoisotopic (exact) mass is 359 g/mol. The van der Waals surface area contributed by atoms with Gasteiger partial charge in [0.15, 0.2) is 9.84 Å². The topological polar surface area (TPSA) is 71.5 Å². The molecule has 23 heavy (non-hydrogen) atoms. The SMILES string of the molecule is CC[C@@H](C)N([C@H]1CCS(=O)(=O)C1)S(=O)(=O)c1ccc(C)c(C)c1. The van der Waals surface area contributed by atoms with Crippen LogP contribution in [0.25, 0.3) is 0 Å². The van der Waals surface area contributed by atoms with Crippen LogP contribution in [-0.2, 0) is 19.9 Å². The zero-order valence-electron chi connectivity index (χ0n) is 14.1. The van der Waals surface area contributed by atoms with Crippen molar-refractivity contribution >= 4 is 19.9 Å². The highest BCUT2D eigenvalue weighted by atomic mass is 32.2. The summed E-state index contributed by atoms with van der Waals surface area (Å²) in [5.41, 5.74) is 1.94. The van der Waals surface area contributed by atoms with Crippen molar-refractivity contribution in [3.63, 3.8) is 0 Å². The lowest BCUT2D eigenvalue weighted by molar-refractivity contribution is 0.271. The van der Waals surface area contributed by atoms with E-state index in [2.05, 4.69) is 0 Å². The van der Waals surface area contributed by atoms with Gasteiger partial charge in [-0.15, -0.1) is 0 Å². The standard InChI is InChI=1S/C16H25NO4S2/c1-5-14(4)17(15-8-9-22(18,19)11-15)23(20,21)16-7-6-12(2)13(3)10-16/h6-7,10,14-15H,5,8-9,11H2,1-4H3/t14-,15+/m1/s1. The van der Waals surface area contributed by atoms with Gasteiger partial charge in [0.05, 0.1) is 16.4 Å². The van der Waals surface area contributed by atoms with Crippen LogP contribution in [-0.4, -0.2) is 44.7 Å². The van der Waals surface area contributed by atoms with Gasteiger partial charge < -0.3 is 0 Å². The second-order valence-corrected chi connectivity index (χ2v) is 10.5. The highest BCUT2D eigenvalue weighted by molar-refractivity contribution is 7.92. The molecule has 1 aliphatic heterocycles. The first-order valence-corrected chi connectivity index (χ1v) is 11.2. The lowest BCUT2D eigenvalue weighted by Gasteiger charge is -2.32. The van der Waals surface area contributed by atoms with Gasteiger partial charge in [-0.1, -0.05) is 13.0 Å². The summed E-state index contributed by atoms with van der Waals surface area (Å²) in [6, 6.07) is 4.36. The van der Waals surface area contributed by atoms with Crippen LogP contribution in [0.2, 0.25) is 0 Å². The molecule has 1 fully saturated rings. The Bertz CT molecular complexity index is 784. The Hall–Kier alpha value is -0.920. The quantitative estimate of drug-likeness (QED) is 0.808. The molecular weight excluding hydrogens is 334 g/mol. The van der Waals surface area contributed by atoms with E-state index < -0.39 is 25.9 Å². The minimum absolute atomic E-state index is 0.0625. The van der Waals surface area contributed by atoms with Crippen molar-refractivity contribution in [1.82, 2.24) is 4.31 Å². The summed E-state index contributed by atoms with van der Waals surface area (Å²) in [7, 11) is -6.86. The molecule has 0 saturated carbocycles. The molecular formula is C16H25NO4S2. The molecule has 5 nitrogen and oxygen atoms in total. The molecule has 1 aliphatic rings. The van der Waals surface area contributed by atoms with Gasteiger partial charge in [-0.2, -0.15) is 4.31 Å². The summed E-state index contributed by atoms with van der Waals surface area (Å²) in [5, 5.41) is 0. The smallest absolute Gasteiger partial charge is 0.229 e. The molecule has 2 atom stereocenters. The predicted octanol–water partition coefficient (Wildman–Crippen LogP) is 2.28. The van der Waals surface area contributed by atoms with Crippen LogP contribution >= 0.6 is 0 Å². The summed E-state index contributed by atoms with van der Waals surface area (Å²) in [6.45, 7) is 7.56. The van der Waals surface area contributed by atoms with E-state index in [-0.39, 0.29) is 22.4 Å². The molecule has 0 bridgehead atoms. The number of hydrogen-bond acceptors (Lipinski definition) is 4. The second-order valence-electron chi connectivity index (χ2n) is 6.40. The maximum Gasteiger partial charge on any atom is 0.243 e. The maximum absolute atomic E-state index is 13.1. The Morgan fingerprint density at radius 2 is 1.91 bits per heavy atom. The van der Waals surface area contributed by atoms with Crippen LogP contribution in [0.5, 0.6) is 0 Å². The maximum atomic E-state index is 13.1. The van der Waals surface area contributed by atoms with Crippen LogP contribution in [0.4, 0.5) is 0 Å². The fraction of sp³-hybridized carbons (Fsp3) is 0.625. The molecule has 0 radical (unpaired) electrons. The van der Waals surface area contributed by atoms with E-state index in [1.54, 1.807) is 18.2 Å². The summed E-state index contributed by atoms with van der Waals surface area (Å²) in [6.07, 6.45) is 1.01. The summed E-state index contributed by atoms with van der Waals surface area (Å²) in [4.78, 5) is 0.241. The molecule has 0 aliphatic carbocycles. The zero-order chi connectivity index (χ0) is 17.4. The predicted molar refractivity (Wildman–Crippen MR) is 91.8 cm³/mol. The number of rotatable bonds is 5. The largest absolute Gasteiger partial charge is 0.243 e. The Labute approximate surface area is 139 Å². The summed E-state index contributed by atoms with van der Waals surface area (Å²) >= 11 is 0. The van der Waals surface area contributed by atoms with Crippen LogP contribution in [0, 0.1) is 13.8 Å². The van der Waals surface area contributed by atoms with E-state index in [9.17, 15) is 16.8 Å². The molecule has 2 rings (SSSR count). The third-order valence-corrected chi connectivity index (χ3v) is 8.46. The molecule has 1 aromatic carbocycles. The van der Waals surface area contributed by atoms with Crippen LogP contribution in [0.3, 0.4) is 0 Å². The van der Waals surface area contributed by atoms with Crippen molar-refractivity contribution in [2.24, 2.45) is 0 Å². The van der Waals surface area contributed by atoms with E-state index in [0.717, 1.165) is 11.1 Å². The first-order valence-electron chi connectivity index (χ1n) is 7.89. The van der Waals surface area contributed by atoms with Crippen LogP contribution in [0.1, 0.15) is 37.8 Å². The molecule has 1 saturated heterocycles. The van der Waals surface area contributed by atoms with Gasteiger partial charge in [-0.25, -0.2) is 16.8 Å². The fourth-order valence-electron chi connectivity index (χ4n) is 2.95. The molecule has 130 valence electrons. The Morgan fingerprint density at radius 1 is 1.26 bits per heavy atom. The highest BCUT2D eigenvalue weighted by Gasteiger charge is 2.40. The van der Waals surface area contributed by atoms with Crippen molar-refractivity contribution in [1.29, 1.82) is 0 Å². The Balaban J connectivity index is 2.47. The number of aryl methyl sites for hydroxylation is 2. The first-order chi connectivity index (χ1) is 10.6. The molecule has 0 unspecified atom stereocenters. The van der Waals surface area contributed by atoms with Gasteiger partial charge in [0.2, 0.25) is 10.0 Å². The number of nitrogens with zero attached hydrogens (tertiary/aromatic N) is 1. The van der Waals surface area contributed by atoms with E-state index >= 15 is 0 Å². The summed E-state index contributed by atoms with van der Waals surface area (Å²) in [5.74, 6) is -0.0194. The molecule has 1 heterocycles. The van der Waals surface area contributed by atoms with Crippen molar-refractivity contribution in [2.75, 3.05) is 11.5 Å². The second kappa shape index (κ2) is 6.53. The third-order valence-electron chi connectivity index (χ3n) is 4.65. The molecule has 1 aromatic rings. The molecule has 7 heteroatoms. The van der Waals surface area contributed by atoms with Crippen molar-refractivity contribution in [2.45, 2.75) is 57.5 Å². The van der Waals surface area contributed by atoms with E-state index in [1.807, 2.05) is 27.7 Å². The van der Waals surface area contributed by atoms with E-state index in [1.165, 1.54) is 4.31 Å². The average Bonchev–Trinajstić information content (AvgIpc) is 2.81. The molecule has 0 amide bonds. The van der Waals surface area contributed by atoms with Crippen LogP contribution in [0.15, 0.2) is 23.1 Å². The summed E-state index contributed by atoms with van der Waals surface area (Å²) < 4.78 is 51.3. The number of hydrogen-bond donors (Lipinski definition) is 0. The fourth-order valence-corrected chi connectivity index (χ4v) is 6.76. The van der Waals surface area contributed by atoms with Crippen LogP contribution < -0.4 is 0 Å². The average molecular weight is 360 g/mol. The minimum atomic E-state index is -3.72. The number of benzene rings is 1. The lowest BCUT2D eigenvalue weighted by atomic mass is 10.1. The number of sulfonamides is 1. The van der Waals surface area contributed by atoms with Crippen molar-refractivity contribution < 1.29 is 16.8 Å². The van der Waals surface area contributed by atoms with Gasteiger partial charge in [0.1, 0.15) is 0 Å². The van der Waals surface area contributed by atoms with Crippen molar-refractivity contribution in [3.8, 4) is 0 Å². The van der Waals surface area contributed by atoms with E-state index in [0.29, 0.717) is 12.8 Å². The molecule has 0 aromatic heterocycles. The minimum Gasteiger partial charge on any atom is -0.229 e. The van der Waals surface area contributed by atoms with Gasteiger partial charge in [0.25, 0.3) is 0 Å².